The van der Waals surface area contributed by atoms with E-state index >= 15 is 0 Å². The van der Waals surface area contributed by atoms with Crippen LogP contribution < -0.4 is 5.73 Å². The number of nitrogens with two attached hydrogens (primary N) is 1. The van der Waals surface area contributed by atoms with Crippen LogP contribution in [-0.2, 0) is 19.8 Å². The molecule has 0 amide bonds. The van der Waals surface area contributed by atoms with Gasteiger partial charge in [0, 0.05) is 0 Å². The first-order valence-electron chi connectivity index (χ1n) is 7.63. The quantitative estimate of drug-likeness (QED) is 0.719. The fourth-order valence-corrected chi connectivity index (χ4v) is 3.11. The number of aliphatic hydroxyl groups excluding tert-OH is 1. The van der Waals surface area contributed by atoms with E-state index in [1.807, 2.05) is 0 Å². The van der Waals surface area contributed by atoms with Gasteiger partial charge in [-0.2, -0.15) is 18.3 Å². The molecule has 1 aromatic heterocycles. The zero-order valence-corrected chi connectivity index (χ0v) is 13.8. The Hall–Kier alpha value is -1.40. The lowest BCUT2D eigenvalue weighted by atomic mass is 9.98. The Morgan fingerprint density at radius 2 is 1.92 bits per heavy atom. The largest absolute Gasteiger partial charge is 0.421 e. The third-order valence-corrected chi connectivity index (χ3v) is 4.46. The Bertz CT molecular complexity index is 661. The van der Waals surface area contributed by atoms with Gasteiger partial charge < -0.3 is 30.2 Å². The number of hydrogen-bond acceptors (Lipinski definition) is 7. The predicted molar refractivity (Wildman–Crippen MR) is 77.1 cm³/mol. The van der Waals surface area contributed by atoms with Gasteiger partial charge in [-0.05, 0) is 20.8 Å². The molecule has 0 saturated carbocycles. The van der Waals surface area contributed by atoms with E-state index in [0.717, 1.165) is 10.9 Å². The van der Waals surface area contributed by atoms with Gasteiger partial charge in [-0.25, -0.2) is 4.68 Å². The minimum atomic E-state index is -4.93. The number of ether oxygens (including phenoxy) is 3. The Morgan fingerprint density at radius 1 is 1.32 bits per heavy atom. The number of rotatable bonds is 3. The molecule has 2 aliphatic rings. The molecule has 11 heteroatoms. The molecule has 2 fully saturated rings. The molecule has 25 heavy (non-hydrogen) atoms. The lowest BCUT2D eigenvalue weighted by Gasteiger charge is -2.27. The molecule has 142 valence electrons. The van der Waals surface area contributed by atoms with Crippen LogP contribution in [-0.4, -0.2) is 56.9 Å². The van der Waals surface area contributed by atoms with E-state index in [4.69, 9.17) is 19.9 Å². The summed E-state index contributed by atoms with van der Waals surface area (Å²) in [6.45, 7) is 3.56. The van der Waals surface area contributed by atoms with Crippen LogP contribution >= 0.6 is 0 Å². The van der Waals surface area contributed by atoms with Crippen LogP contribution in [0.15, 0.2) is 6.20 Å². The van der Waals surface area contributed by atoms with Crippen LogP contribution in [0.5, 0.6) is 0 Å². The summed E-state index contributed by atoms with van der Waals surface area (Å²) in [4.78, 5) is 0. The summed E-state index contributed by atoms with van der Waals surface area (Å²) >= 11 is 0. The van der Waals surface area contributed by atoms with E-state index in [9.17, 15) is 23.4 Å². The molecule has 5 atom stereocenters. The highest BCUT2D eigenvalue weighted by molar-refractivity contribution is 5.44. The number of alkyl halides is 3. The summed E-state index contributed by atoms with van der Waals surface area (Å²) < 4.78 is 57.2. The molecular weight excluding hydrogens is 347 g/mol. The SMILES string of the molecule is CC1(C)O[C@@H]2[C@H](O1)[C@@H](CO)O[C@H]2n1ncc(C(C)(O)C(F)(F)F)c1N. The third kappa shape index (κ3) is 2.79. The Balaban J connectivity index is 1.96. The molecule has 1 unspecified atom stereocenters. The lowest BCUT2D eigenvalue weighted by molar-refractivity contribution is -0.258. The summed E-state index contributed by atoms with van der Waals surface area (Å²) in [7, 11) is 0. The van der Waals surface area contributed by atoms with Crippen LogP contribution in [0.3, 0.4) is 0 Å². The van der Waals surface area contributed by atoms with Crippen molar-refractivity contribution in [3.05, 3.63) is 11.8 Å². The van der Waals surface area contributed by atoms with Gasteiger partial charge in [-0.1, -0.05) is 0 Å². The minimum absolute atomic E-state index is 0.370. The predicted octanol–water partition coefficient (Wildman–Crippen LogP) is 0.645. The fraction of sp³-hybridized carbons (Fsp3) is 0.786. The average molecular weight is 367 g/mol. The number of aromatic nitrogens is 2. The molecule has 4 N–H and O–H groups in total. The molecule has 0 spiro atoms. The molecule has 8 nitrogen and oxygen atoms in total. The zero-order valence-electron chi connectivity index (χ0n) is 13.8. The molecular formula is C14H20F3N3O5. The number of hydrogen-bond donors (Lipinski definition) is 3. The highest BCUT2D eigenvalue weighted by atomic mass is 19.4. The molecule has 0 aromatic carbocycles. The number of anilines is 1. The zero-order chi connectivity index (χ0) is 18.8. The third-order valence-electron chi connectivity index (χ3n) is 4.46. The molecule has 3 rings (SSSR count). The maximum absolute atomic E-state index is 13.1. The fourth-order valence-electron chi connectivity index (χ4n) is 3.11. The van der Waals surface area contributed by atoms with E-state index in [2.05, 4.69) is 5.10 Å². The topological polar surface area (TPSA) is 112 Å². The van der Waals surface area contributed by atoms with Crippen molar-refractivity contribution in [3.63, 3.8) is 0 Å². The molecule has 0 aliphatic carbocycles. The molecule has 2 aliphatic heterocycles. The second kappa shape index (κ2) is 5.55. The first-order valence-corrected chi connectivity index (χ1v) is 7.63. The second-order valence-electron chi connectivity index (χ2n) is 6.77. The van der Waals surface area contributed by atoms with Crippen molar-refractivity contribution in [3.8, 4) is 0 Å². The number of nitrogen functional groups attached to an aromatic ring is 1. The first-order chi connectivity index (χ1) is 11.4. The molecule has 1 aromatic rings. The summed E-state index contributed by atoms with van der Waals surface area (Å²) in [5.74, 6) is -1.36. The van der Waals surface area contributed by atoms with E-state index < -0.39 is 53.5 Å². The molecule has 3 heterocycles. The Kier molecular flexibility index (Phi) is 4.08. The van der Waals surface area contributed by atoms with Crippen molar-refractivity contribution >= 4 is 5.82 Å². The minimum Gasteiger partial charge on any atom is -0.394 e. The van der Waals surface area contributed by atoms with Gasteiger partial charge in [-0.15, -0.1) is 0 Å². The monoisotopic (exact) mass is 367 g/mol. The van der Waals surface area contributed by atoms with E-state index in [0.29, 0.717) is 6.92 Å². The van der Waals surface area contributed by atoms with Crippen LogP contribution in [0.1, 0.15) is 32.6 Å². The van der Waals surface area contributed by atoms with Crippen molar-refractivity contribution in [1.82, 2.24) is 9.78 Å². The number of aliphatic hydroxyl groups is 2. The van der Waals surface area contributed by atoms with Crippen LogP contribution in [0.25, 0.3) is 0 Å². The molecule has 0 radical (unpaired) electrons. The van der Waals surface area contributed by atoms with Gasteiger partial charge in [0.1, 0.15) is 24.1 Å². The summed E-state index contributed by atoms with van der Waals surface area (Å²) in [5.41, 5.74) is 2.04. The first kappa shape index (κ1) is 18.4. The van der Waals surface area contributed by atoms with Gasteiger partial charge >= 0.3 is 6.18 Å². The molecule has 2 saturated heterocycles. The van der Waals surface area contributed by atoms with Crippen molar-refractivity contribution in [2.45, 2.75) is 62.9 Å². The smallest absolute Gasteiger partial charge is 0.394 e. The number of fused-ring (bicyclic) bond motifs is 1. The van der Waals surface area contributed by atoms with Crippen LogP contribution in [0, 0.1) is 0 Å². The van der Waals surface area contributed by atoms with Crippen molar-refractivity contribution in [1.29, 1.82) is 0 Å². The average Bonchev–Trinajstić information content (AvgIpc) is 3.08. The highest BCUT2D eigenvalue weighted by Crippen LogP contribution is 2.46. The van der Waals surface area contributed by atoms with Crippen LogP contribution in [0.4, 0.5) is 19.0 Å². The number of nitrogens with zero attached hydrogens (tertiary/aromatic N) is 2. The van der Waals surface area contributed by atoms with Gasteiger partial charge in [0.05, 0.1) is 18.4 Å². The maximum atomic E-state index is 13.1. The second-order valence-corrected chi connectivity index (χ2v) is 6.77. The van der Waals surface area contributed by atoms with Crippen molar-refractivity contribution in [2.75, 3.05) is 12.3 Å². The summed E-state index contributed by atoms with van der Waals surface area (Å²) in [5, 5.41) is 23.1. The van der Waals surface area contributed by atoms with Gasteiger partial charge in [0.2, 0.25) is 0 Å². The standard InChI is InChI=1S/C14H20F3N3O5/c1-12(2)24-8-7(5-21)23-11(9(8)25-12)20-10(18)6(4-19-20)13(3,22)14(15,16)17/h4,7-9,11,21-22H,5,18H2,1-3H3/t7-,8-,9-,11-,13?/m1/s1. The number of halogens is 3. The van der Waals surface area contributed by atoms with Gasteiger partial charge in [0.15, 0.2) is 17.6 Å². The van der Waals surface area contributed by atoms with E-state index in [1.54, 1.807) is 13.8 Å². The van der Waals surface area contributed by atoms with Gasteiger partial charge in [0.25, 0.3) is 0 Å². The van der Waals surface area contributed by atoms with E-state index in [-0.39, 0.29) is 6.61 Å². The normalized spacial score (nSPS) is 34.1. The van der Waals surface area contributed by atoms with E-state index in [1.165, 1.54) is 0 Å². The molecule has 0 bridgehead atoms. The Labute approximate surface area is 141 Å². The maximum Gasteiger partial charge on any atom is 0.421 e. The lowest BCUT2D eigenvalue weighted by Crippen LogP contribution is -2.39. The van der Waals surface area contributed by atoms with Crippen molar-refractivity contribution in [2.24, 2.45) is 0 Å². The van der Waals surface area contributed by atoms with Gasteiger partial charge in [-0.3, -0.25) is 0 Å². The summed E-state index contributed by atoms with van der Waals surface area (Å²) in [6.07, 6.45) is -7.18. The van der Waals surface area contributed by atoms with Crippen LogP contribution in [0.2, 0.25) is 0 Å². The Morgan fingerprint density at radius 3 is 2.48 bits per heavy atom. The highest BCUT2D eigenvalue weighted by Gasteiger charge is 2.57. The summed E-state index contributed by atoms with van der Waals surface area (Å²) in [6, 6.07) is 0. The van der Waals surface area contributed by atoms with Crippen molar-refractivity contribution < 1.29 is 37.6 Å².